The van der Waals surface area contributed by atoms with E-state index in [0.29, 0.717) is 24.1 Å². The van der Waals surface area contributed by atoms with Gasteiger partial charge in [0.05, 0.1) is 5.69 Å². The van der Waals surface area contributed by atoms with Crippen molar-refractivity contribution in [2.24, 2.45) is 11.7 Å². The van der Waals surface area contributed by atoms with Gasteiger partial charge in [-0.25, -0.2) is 24.6 Å². The molecule has 2 heterocycles. The molecule has 2 aromatic rings. The molecule has 2 aromatic heterocycles. The van der Waals surface area contributed by atoms with E-state index in [1.54, 1.807) is 12.3 Å². The van der Waals surface area contributed by atoms with Gasteiger partial charge < -0.3 is 15.6 Å². The highest BCUT2D eigenvalue weighted by molar-refractivity contribution is 5.83. The number of nitrogens with two attached hydrogens (primary N) is 1. The molecule has 3 N–H and O–H groups in total. The number of amides is 1. The zero-order valence-electron chi connectivity index (χ0n) is 16.4. The summed E-state index contributed by atoms with van der Waals surface area (Å²) in [5, 5.41) is 9.06. The Bertz CT molecular complexity index is 808. The normalized spacial score (nSPS) is 13.3. The van der Waals surface area contributed by atoms with E-state index in [1.165, 1.54) is 13.2 Å². The predicted molar refractivity (Wildman–Crippen MR) is 104 cm³/mol. The summed E-state index contributed by atoms with van der Waals surface area (Å²) in [5.41, 5.74) is 8.04. The Labute approximate surface area is 159 Å². The lowest BCUT2D eigenvalue weighted by Gasteiger charge is -2.26. The van der Waals surface area contributed by atoms with Crippen LogP contribution >= 0.6 is 0 Å². The molecule has 0 unspecified atom stereocenters. The molecule has 2 rings (SSSR count). The molecule has 8 nitrogen and oxygen atoms in total. The molecule has 0 saturated heterocycles. The highest BCUT2D eigenvalue weighted by atomic mass is 16.5. The van der Waals surface area contributed by atoms with Gasteiger partial charge in [-0.15, -0.1) is 0 Å². The fraction of sp³-hybridized carbons (Fsp3) is 0.474. The van der Waals surface area contributed by atoms with Crippen molar-refractivity contribution in [3.63, 3.8) is 0 Å². The molecule has 0 aromatic carbocycles. The van der Waals surface area contributed by atoms with Gasteiger partial charge >= 0.3 is 6.09 Å². The minimum absolute atomic E-state index is 0.102. The molecule has 0 saturated carbocycles. The molecular weight excluding hydrogens is 346 g/mol. The Kier molecular flexibility index (Phi) is 6.32. The number of rotatable bonds is 7. The van der Waals surface area contributed by atoms with Crippen LogP contribution in [0, 0.1) is 12.8 Å². The van der Waals surface area contributed by atoms with Gasteiger partial charge in [-0.2, -0.15) is 0 Å². The number of carboxylic acid groups (broad SMARTS) is 1. The van der Waals surface area contributed by atoms with Crippen LogP contribution in [0.1, 0.15) is 32.8 Å². The number of ether oxygens (including phenoxy) is 1. The van der Waals surface area contributed by atoms with Crippen LogP contribution in [0.25, 0.3) is 11.3 Å². The minimum atomic E-state index is -1.13. The van der Waals surface area contributed by atoms with Crippen LogP contribution in [-0.4, -0.2) is 45.3 Å². The second-order valence-electron chi connectivity index (χ2n) is 7.47. The lowest BCUT2D eigenvalue weighted by Crippen LogP contribution is -2.43. The SMILES string of the molecule is Cc1cc(-c2ccnc(N(C)C(=O)O)n2)cnc1OC[C@](C)(N)CC(C)C. The quantitative estimate of drug-likeness (QED) is 0.766. The average molecular weight is 373 g/mol. The Hall–Kier alpha value is -2.74. The van der Waals surface area contributed by atoms with Crippen LogP contribution in [0.2, 0.25) is 0 Å². The summed E-state index contributed by atoms with van der Waals surface area (Å²) in [6.45, 7) is 8.49. The summed E-state index contributed by atoms with van der Waals surface area (Å²) in [6, 6.07) is 3.60. The van der Waals surface area contributed by atoms with Crippen molar-refractivity contribution in [1.29, 1.82) is 0 Å². The van der Waals surface area contributed by atoms with Gasteiger partial charge in [0.1, 0.15) is 6.61 Å². The Balaban J connectivity index is 2.17. The Morgan fingerprint density at radius 1 is 1.41 bits per heavy atom. The molecular formula is C19H27N5O3. The summed E-state index contributed by atoms with van der Waals surface area (Å²) < 4.78 is 5.83. The third-order valence-electron chi connectivity index (χ3n) is 3.97. The maximum Gasteiger partial charge on any atom is 0.413 e. The number of aromatic nitrogens is 3. The topological polar surface area (TPSA) is 114 Å². The molecule has 0 bridgehead atoms. The molecule has 1 amide bonds. The lowest BCUT2D eigenvalue weighted by molar-refractivity contribution is 0.199. The van der Waals surface area contributed by atoms with Crippen LogP contribution in [-0.2, 0) is 0 Å². The monoisotopic (exact) mass is 373 g/mol. The maximum atomic E-state index is 11.1. The van der Waals surface area contributed by atoms with Crippen LogP contribution in [0.15, 0.2) is 24.5 Å². The molecule has 0 aliphatic carbocycles. The standard InChI is InChI=1S/C19H27N5O3/c1-12(2)9-19(4,20)11-27-16-13(3)8-14(10-22-16)15-6-7-21-17(23-15)24(5)18(25)26/h6-8,10,12H,9,11,20H2,1-5H3,(H,25,26)/t19-/m1/s1. The number of hydrogen-bond donors (Lipinski definition) is 2. The van der Waals surface area contributed by atoms with Gasteiger partial charge in [0.2, 0.25) is 11.8 Å². The van der Waals surface area contributed by atoms with Crippen molar-refractivity contribution in [1.82, 2.24) is 15.0 Å². The van der Waals surface area contributed by atoms with Crippen molar-refractivity contribution < 1.29 is 14.6 Å². The van der Waals surface area contributed by atoms with Crippen molar-refractivity contribution in [2.75, 3.05) is 18.6 Å². The van der Waals surface area contributed by atoms with Gasteiger partial charge in [-0.05, 0) is 38.3 Å². The predicted octanol–water partition coefficient (Wildman–Crippen LogP) is 3.10. The van der Waals surface area contributed by atoms with E-state index in [1.807, 2.05) is 19.9 Å². The summed E-state index contributed by atoms with van der Waals surface area (Å²) in [5.74, 6) is 1.11. The Morgan fingerprint density at radius 3 is 2.70 bits per heavy atom. The first kappa shape index (κ1) is 20.6. The second-order valence-corrected chi connectivity index (χ2v) is 7.47. The lowest BCUT2D eigenvalue weighted by atomic mass is 9.93. The first-order valence-electron chi connectivity index (χ1n) is 8.77. The van der Waals surface area contributed by atoms with E-state index < -0.39 is 11.6 Å². The fourth-order valence-electron chi connectivity index (χ4n) is 2.83. The van der Waals surface area contributed by atoms with E-state index in [-0.39, 0.29) is 5.95 Å². The first-order valence-corrected chi connectivity index (χ1v) is 8.77. The molecule has 1 atom stereocenters. The third kappa shape index (κ3) is 5.62. The van der Waals surface area contributed by atoms with Crippen molar-refractivity contribution >= 4 is 12.0 Å². The number of aryl methyl sites for hydroxylation is 1. The van der Waals surface area contributed by atoms with Crippen molar-refractivity contribution in [3.8, 4) is 17.1 Å². The molecule has 8 heteroatoms. The molecule has 146 valence electrons. The highest BCUT2D eigenvalue weighted by Gasteiger charge is 2.22. The van der Waals surface area contributed by atoms with E-state index in [0.717, 1.165) is 22.4 Å². The average Bonchev–Trinajstić information content (AvgIpc) is 2.59. The number of pyridine rings is 1. The zero-order chi connectivity index (χ0) is 20.2. The van der Waals surface area contributed by atoms with E-state index >= 15 is 0 Å². The molecule has 0 radical (unpaired) electrons. The van der Waals surface area contributed by atoms with Crippen LogP contribution < -0.4 is 15.4 Å². The highest BCUT2D eigenvalue weighted by Crippen LogP contribution is 2.24. The number of carbonyl (C=O) groups is 1. The van der Waals surface area contributed by atoms with Crippen molar-refractivity contribution in [3.05, 3.63) is 30.1 Å². The molecule has 0 aliphatic heterocycles. The van der Waals surface area contributed by atoms with Crippen LogP contribution in [0.5, 0.6) is 5.88 Å². The van der Waals surface area contributed by atoms with Gasteiger partial charge in [-0.3, -0.25) is 0 Å². The molecule has 0 spiro atoms. The fourth-order valence-corrected chi connectivity index (χ4v) is 2.83. The smallest absolute Gasteiger partial charge is 0.413 e. The number of anilines is 1. The third-order valence-corrected chi connectivity index (χ3v) is 3.97. The van der Waals surface area contributed by atoms with E-state index in [9.17, 15) is 4.79 Å². The van der Waals surface area contributed by atoms with Gasteiger partial charge in [0, 0.05) is 36.1 Å². The summed E-state index contributed by atoms with van der Waals surface area (Å²) >= 11 is 0. The van der Waals surface area contributed by atoms with Crippen LogP contribution in [0.4, 0.5) is 10.7 Å². The zero-order valence-corrected chi connectivity index (χ0v) is 16.4. The summed E-state index contributed by atoms with van der Waals surface area (Å²) in [6.07, 6.45) is 2.88. The van der Waals surface area contributed by atoms with Gasteiger partial charge in [0.15, 0.2) is 0 Å². The van der Waals surface area contributed by atoms with Crippen molar-refractivity contribution in [2.45, 2.75) is 39.7 Å². The summed E-state index contributed by atoms with van der Waals surface area (Å²) in [4.78, 5) is 24.7. The first-order chi connectivity index (χ1) is 12.6. The van der Waals surface area contributed by atoms with Gasteiger partial charge in [-0.1, -0.05) is 13.8 Å². The number of hydrogen-bond acceptors (Lipinski definition) is 6. The van der Waals surface area contributed by atoms with E-state index in [4.69, 9.17) is 15.6 Å². The van der Waals surface area contributed by atoms with E-state index in [2.05, 4.69) is 28.8 Å². The minimum Gasteiger partial charge on any atom is -0.476 e. The Morgan fingerprint density at radius 2 is 2.11 bits per heavy atom. The van der Waals surface area contributed by atoms with Crippen LogP contribution in [0.3, 0.4) is 0 Å². The number of nitrogens with zero attached hydrogens (tertiary/aromatic N) is 4. The van der Waals surface area contributed by atoms with Gasteiger partial charge in [0.25, 0.3) is 0 Å². The molecule has 27 heavy (non-hydrogen) atoms. The second kappa shape index (κ2) is 8.30. The molecule has 0 aliphatic rings. The molecule has 0 fully saturated rings. The maximum absolute atomic E-state index is 11.1. The summed E-state index contributed by atoms with van der Waals surface area (Å²) in [7, 11) is 1.39. The largest absolute Gasteiger partial charge is 0.476 e.